The summed E-state index contributed by atoms with van der Waals surface area (Å²) in [7, 11) is 0. The molecular weight excluding hydrogens is 280 g/mol. The summed E-state index contributed by atoms with van der Waals surface area (Å²) in [6.45, 7) is 5.70. The van der Waals surface area contributed by atoms with Crippen LogP contribution in [0.1, 0.15) is 23.7 Å². The Labute approximate surface area is 129 Å². The number of carbonyl (C=O) groups excluding carboxylic acids is 1. The van der Waals surface area contributed by atoms with Crippen LogP contribution in [0.5, 0.6) is 0 Å². The molecule has 0 aliphatic rings. The van der Waals surface area contributed by atoms with E-state index in [1.54, 1.807) is 0 Å². The molecule has 6 nitrogen and oxygen atoms in total. The van der Waals surface area contributed by atoms with Gasteiger partial charge in [-0.1, -0.05) is 13.0 Å². The van der Waals surface area contributed by atoms with Crippen LogP contribution >= 0.6 is 0 Å². The van der Waals surface area contributed by atoms with Gasteiger partial charge in [-0.05, 0) is 43.5 Å². The lowest BCUT2D eigenvalue weighted by atomic mass is 10.1. The minimum absolute atomic E-state index is 0.0552. The van der Waals surface area contributed by atoms with Gasteiger partial charge in [0.1, 0.15) is 6.54 Å². The number of hydrogen-bond donors (Lipinski definition) is 2. The van der Waals surface area contributed by atoms with E-state index in [9.17, 15) is 9.59 Å². The fourth-order valence-corrected chi connectivity index (χ4v) is 2.08. The molecule has 0 aliphatic carbocycles. The van der Waals surface area contributed by atoms with Crippen molar-refractivity contribution in [2.45, 2.75) is 33.7 Å². The van der Waals surface area contributed by atoms with Crippen molar-refractivity contribution in [1.29, 1.82) is 0 Å². The molecule has 2 aromatic rings. The molecule has 116 valence electrons. The van der Waals surface area contributed by atoms with Crippen molar-refractivity contribution in [3.63, 3.8) is 0 Å². The molecule has 1 amide bonds. The smallest absolute Gasteiger partial charge is 0.255 e. The Bertz CT molecular complexity index is 765. The zero-order chi connectivity index (χ0) is 16.3. The number of anilines is 2. The number of amides is 1. The topological polar surface area (TPSA) is 90.0 Å². The fourth-order valence-electron chi connectivity index (χ4n) is 2.08. The SMILES string of the molecule is CCc1cc(=O)n(CC(=O)Nc2ccc(C)c(C)c2)c(N)n1. The maximum atomic E-state index is 12.1. The fraction of sp³-hybridized carbons (Fsp3) is 0.312. The van der Waals surface area contributed by atoms with E-state index in [0.717, 1.165) is 15.7 Å². The number of carbonyl (C=O) groups is 1. The molecule has 0 aliphatic heterocycles. The normalized spacial score (nSPS) is 10.5. The zero-order valence-electron chi connectivity index (χ0n) is 13.0. The largest absolute Gasteiger partial charge is 0.369 e. The Morgan fingerprint density at radius 1 is 1.27 bits per heavy atom. The lowest BCUT2D eigenvalue weighted by Crippen LogP contribution is -2.30. The van der Waals surface area contributed by atoms with E-state index in [1.165, 1.54) is 6.07 Å². The maximum absolute atomic E-state index is 12.1. The van der Waals surface area contributed by atoms with Crippen molar-refractivity contribution >= 4 is 17.5 Å². The number of benzene rings is 1. The van der Waals surface area contributed by atoms with E-state index in [1.807, 2.05) is 39.0 Å². The van der Waals surface area contributed by atoms with E-state index in [-0.39, 0.29) is 24.0 Å². The first-order valence-corrected chi connectivity index (χ1v) is 7.14. The third kappa shape index (κ3) is 3.52. The van der Waals surface area contributed by atoms with E-state index in [4.69, 9.17) is 5.73 Å². The molecule has 0 saturated carbocycles. The zero-order valence-corrected chi connectivity index (χ0v) is 13.0. The quantitative estimate of drug-likeness (QED) is 0.898. The lowest BCUT2D eigenvalue weighted by molar-refractivity contribution is -0.116. The highest BCUT2D eigenvalue weighted by Crippen LogP contribution is 2.14. The first-order chi connectivity index (χ1) is 10.4. The number of nitrogens with two attached hydrogens (primary N) is 1. The average Bonchev–Trinajstić information content (AvgIpc) is 2.46. The first kappa shape index (κ1) is 15.8. The highest BCUT2D eigenvalue weighted by Gasteiger charge is 2.10. The highest BCUT2D eigenvalue weighted by atomic mass is 16.2. The molecule has 22 heavy (non-hydrogen) atoms. The molecule has 0 fully saturated rings. The van der Waals surface area contributed by atoms with Crippen molar-refractivity contribution in [1.82, 2.24) is 9.55 Å². The monoisotopic (exact) mass is 300 g/mol. The summed E-state index contributed by atoms with van der Waals surface area (Å²) in [6, 6.07) is 7.05. The summed E-state index contributed by atoms with van der Waals surface area (Å²) >= 11 is 0. The van der Waals surface area contributed by atoms with Crippen LogP contribution in [0.4, 0.5) is 11.6 Å². The Morgan fingerprint density at radius 3 is 2.59 bits per heavy atom. The van der Waals surface area contributed by atoms with Crippen LogP contribution in [0.15, 0.2) is 29.1 Å². The Morgan fingerprint density at radius 2 is 2.00 bits per heavy atom. The van der Waals surface area contributed by atoms with Gasteiger partial charge in [-0.15, -0.1) is 0 Å². The van der Waals surface area contributed by atoms with Gasteiger partial charge in [0.25, 0.3) is 5.56 Å². The van der Waals surface area contributed by atoms with Gasteiger partial charge in [0.05, 0.1) is 0 Å². The van der Waals surface area contributed by atoms with E-state index in [2.05, 4.69) is 10.3 Å². The molecule has 0 atom stereocenters. The Hall–Kier alpha value is -2.63. The van der Waals surface area contributed by atoms with E-state index < -0.39 is 0 Å². The Kier molecular flexibility index (Phi) is 4.60. The van der Waals surface area contributed by atoms with Crippen molar-refractivity contribution in [2.24, 2.45) is 0 Å². The minimum Gasteiger partial charge on any atom is -0.369 e. The lowest BCUT2D eigenvalue weighted by Gasteiger charge is -2.11. The van der Waals surface area contributed by atoms with Gasteiger partial charge in [0.15, 0.2) is 0 Å². The van der Waals surface area contributed by atoms with Gasteiger partial charge in [0.2, 0.25) is 11.9 Å². The molecule has 3 N–H and O–H groups in total. The summed E-state index contributed by atoms with van der Waals surface area (Å²) in [5.74, 6) is -0.261. The number of hydrogen-bond acceptors (Lipinski definition) is 4. The number of nitrogens with one attached hydrogen (secondary N) is 1. The van der Waals surface area contributed by atoms with Crippen molar-refractivity contribution in [3.05, 3.63) is 51.4 Å². The number of nitrogens with zero attached hydrogens (tertiary/aromatic N) is 2. The predicted molar refractivity (Wildman–Crippen MR) is 86.8 cm³/mol. The van der Waals surface area contributed by atoms with Gasteiger partial charge >= 0.3 is 0 Å². The van der Waals surface area contributed by atoms with Crippen LogP contribution in [0, 0.1) is 13.8 Å². The molecule has 0 bridgehead atoms. The summed E-state index contributed by atoms with van der Waals surface area (Å²) in [5, 5.41) is 2.76. The molecular formula is C16H20N4O2. The van der Waals surface area contributed by atoms with Gasteiger partial charge in [-0.25, -0.2) is 4.98 Å². The first-order valence-electron chi connectivity index (χ1n) is 7.14. The standard InChI is InChI=1S/C16H20N4O2/c1-4-12-8-15(22)20(16(17)19-12)9-14(21)18-13-6-5-10(2)11(3)7-13/h5-8H,4,9H2,1-3H3,(H2,17,19)(H,18,21). The van der Waals surface area contributed by atoms with Crippen LogP contribution in [0.3, 0.4) is 0 Å². The molecule has 6 heteroatoms. The maximum Gasteiger partial charge on any atom is 0.255 e. The number of aryl methyl sites for hydroxylation is 3. The molecule has 2 rings (SSSR count). The van der Waals surface area contributed by atoms with Crippen LogP contribution in [-0.2, 0) is 17.8 Å². The van der Waals surface area contributed by atoms with Gasteiger partial charge in [-0.3, -0.25) is 14.2 Å². The Balaban J connectivity index is 2.15. The third-order valence-corrected chi connectivity index (χ3v) is 3.55. The van der Waals surface area contributed by atoms with Crippen LogP contribution in [0.2, 0.25) is 0 Å². The van der Waals surface area contributed by atoms with Crippen LogP contribution < -0.4 is 16.6 Å². The number of aromatic nitrogens is 2. The molecule has 0 spiro atoms. The van der Waals surface area contributed by atoms with Gasteiger partial charge < -0.3 is 11.1 Å². The summed E-state index contributed by atoms with van der Waals surface area (Å²) in [5.41, 5.74) is 8.98. The second-order valence-corrected chi connectivity index (χ2v) is 5.23. The second kappa shape index (κ2) is 6.43. The molecule has 0 unspecified atom stereocenters. The summed E-state index contributed by atoms with van der Waals surface area (Å²) < 4.78 is 1.16. The summed E-state index contributed by atoms with van der Waals surface area (Å²) in [4.78, 5) is 28.2. The number of rotatable bonds is 4. The number of nitrogen functional groups attached to an aromatic ring is 1. The molecule has 1 aromatic carbocycles. The van der Waals surface area contributed by atoms with Crippen molar-refractivity contribution in [3.8, 4) is 0 Å². The molecule has 1 aromatic heterocycles. The van der Waals surface area contributed by atoms with Crippen LogP contribution in [-0.4, -0.2) is 15.5 Å². The third-order valence-electron chi connectivity index (χ3n) is 3.55. The highest BCUT2D eigenvalue weighted by molar-refractivity contribution is 5.90. The van der Waals surface area contributed by atoms with Crippen molar-refractivity contribution in [2.75, 3.05) is 11.1 Å². The summed E-state index contributed by atoms with van der Waals surface area (Å²) in [6.07, 6.45) is 0.620. The average molecular weight is 300 g/mol. The van der Waals surface area contributed by atoms with Gasteiger partial charge in [0, 0.05) is 17.4 Å². The van der Waals surface area contributed by atoms with Gasteiger partial charge in [-0.2, -0.15) is 0 Å². The second-order valence-electron chi connectivity index (χ2n) is 5.23. The molecule has 1 heterocycles. The minimum atomic E-state index is -0.320. The predicted octanol–water partition coefficient (Wildman–Crippen LogP) is 1.64. The van der Waals surface area contributed by atoms with E-state index >= 15 is 0 Å². The molecule has 0 saturated heterocycles. The molecule has 0 radical (unpaired) electrons. The van der Waals surface area contributed by atoms with Crippen LogP contribution in [0.25, 0.3) is 0 Å². The van der Waals surface area contributed by atoms with E-state index in [0.29, 0.717) is 17.8 Å². The van der Waals surface area contributed by atoms with Crippen molar-refractivity contribution < 1.29 is 4.79 Å².